The molecule has 0 aliphatic carbocycles. The lowest BCUT2D eigenvalue weighted by atomic mass is 10.0. The summed E-state index contributed by atoms with van der Waals surface area (Å²) in [4.78, 5) is 12.8. The van der Waals surface area contributed by atoms with Crippen molar-refractivity contribution in [1.29, 1.82) is 0 Å². The second kappa shape index (κ2) is 5.03. The number of aliphatic hydroxyl groups is 1. The Morgan fingerprint density at radius 2 is 2.05 bits per heavy atom. The van der Waals surface area contributed by atoms with Crippen LogP contribution in [0.5, 0.6) is 11.5 Å². The van der Waals surface area contributed by atoms with Crippen LogP contribution in [-0.4, -0.2) is 22.1 Å². The van der Waals surface area contributed by atoms with Crippen LogP contribution in [0, 0.1) is 0 Å². The Bertz CT molecular complexity index is 716. The van der Waals surface area contributed by atoms with Crippen molar-refractivity contribution < 1.29 is 19.4 Å². The van der Waals surface area contributed by atoms with Gasteiger partial charge in [-0.25, -0.2) is 0 Å². The summed E-state index contributed by atoms with van der Waals surface area (Å²) in [5, 5.41) is 10.2. The third kappa shape index (κ3) is 2.10. The van der Waals surface area contributed by atoms with Crippen LogP contribution in [0.2, 0.25) is 0 Å². The Morgan fingerprint density at radius 3 is 2.82 bits per heavy atom. The maximum absolute atomic E-state index is 11.5. The maximum atomic E-state index is 11.5. The SMILES string of the molecule is O=C1CC2Oc3cc(OCc4ccccc4)ccc3C(O)N12. The molecule has 1 fully saturated rings. The lowest BCUT2D eigenvalue weighted by molar-refractivity contribution is -0.192. The molecule has 1 saturated heterocycles. The first-order valence-corrected chi connectivity index (χ1v) is 7.19. The van der Waals surface area contributed by atoms with E-state index in [0.29, 0.717) is 30.1 Å². The van der Waals surface area contributed by atoms with Gasteiger partial charge in [0.05, 0.1) is 6.42 Å². The van der Waals surface area contributed by atoms with Crippen molar-refractivity contribution >= 4 is 5.91 Å². The fourth-order valence-electron chi connectivity index (χ4n) is 2.75. The molecule has 0 radical (unpaired) electrons. The fourth-order valence-corrected chi connectivity index (χ4v) is 2.75. The molecule has 5 heteroatoms. The molecule has 2 aliphatic rings. The Kier molecular flexibility index (Phi) is 3.01. The molecule has 4 rings (SSSR count). The van der Waals surface area contributed by atoms with E-state index in [1.165, 1.54) is 4.90 Å². The van der Waals surface area contributed by atoms with Crippen LogP contribution in [0.4, 0.5) is 0 Å². The molecule has 2 aromatic rings. The van der Waals surface area contributed by atoms with Crippen LogP contribution < -0.4 is 9.47 Å². The van der Waals surface area contributed by atoms with Gasteiger partial charge in [-0.2, -0.15) is 0 Å². The smallest absolute Gasteiger partial charge is 0.233 e. The third-order valence-electron chi connectivity index (χ3n) is 3.99. The number of aliphatic hydroxyl groups excluding tert-OH is 1. The molecule has 5 nitrogen and oxygen atoms in total. The van der Waals surface area contributed by atoms with Crippen molar-refractivity contribution in [3.05, 3.63) is 59.7 Å². The Hall–Kier alpha value is -2.53. The van der Waals surface area contributed by atoms with Crippen LogP contribution >= 0.6 is 0 Å². The molecule has 0 bridgehead atoms. The standard InChI is InChI=1S/C17H15NO4/c19-15-9-16-18(15)17(20)13-7-6-12(8-14(13)22-16)21-10-11-4-2-1-3-5-11/h1-8,16-17,20H,9-10H2. The maximum Gasteiger partial charge on any atom is 0.233 e. The van der Waals surface area contributed by atoms with Crippen LogP contribution in [0.3, 0.4) is 0 Å². The van der Waals surface area contributed by atoms with Crippen molar-refractivity contribution in [2.75, 3.05) is 0 Å². The predicted molar refractivity (Wildman–Crippen MR) is 78.1 cm³/mol. The fraction of sp³-hybridized carbons (Fsp3) is 0.235. The number of benzene rings is 2. The molecule has 1 amide bonds. The second-order valence-electron chi connectivity index (χ2n) is 5.43. The average Bonchev–Trinajstić information content (AvgIpc) is 2.53. The number of carbonyl (C=O) groups excluding carboxylic acids is 1. The van der Waals surface area contributed by atoms with Gasteiger partial charge in [0, 0.05) is 11.6 Å². The minimum Gasteiger partial charge on any atom is -0.489 e. The summed E-state index contributed by atoms with van der Waals surface area (Å²) in [5.41, 5.74) is 1.67. The first-order valence-electron chi connectivity index (χ1n) is 7.19. The van der Waals surface area contributed by atoms with Gasteiger partial charge in [-0.05, 0) is 17.7 Å². The monoisotopic (exact) mass is 297 g/mol. The van der Waals surface area contributed by atoms with E-state index in [0.717, 1.165) is 5.56 Å². The largest absolute Gasteiger partial charge is 0.489 e. The summed E-state index contributed by atoms with van der Waals surface area (Å²) in [7, 11) is 0. The number of carbonyl (C=O) groups is 1. The number of fused-ring (bicyclic) bond motifs is 2. The predicted octanol–water partition coefficient (Wildman–Crippen LogP) is 2.21. The van der Waals surface area contributed by atoms with E-state index in [1.54, 1.807) is 18.2 Å². The molecule has 0 aromatic heterocycles. The molecule has 2 atom stereocenters. The molecular weight excluding hydrogens is 282 g/mol. The molecule has 0 saturated carbocycles. The Labute approximate surface area is 127 Å². The zero-order valence-corrected chi connectivity index (χ0v) is 11.8. The Balaban J connectivity index is 1.52. The number of nitrogens with zero attached hydrogens (tertiary/aromatic N) is 1. The van der Waals surface area contributed by atoms with E-state index >= 15 is 0 Å². The quantitative estimate of drug-likeness (QED) is 0.882. The molecule has 2 heterocycles. The number of rotatable bonds is 3. The highest BCUT2D eigenvalue weighted by Gasteiger charge is 2.46. The molecule has 2 aromatic carbocycles. The van der Waals surface area contributed by atoms with Crippen LogP contribution in [-0.2, 0) is 11.4 Å². The van der Waals surface area contributed by atoms with Gasteiger partial charge in [0.2, 0.25) is 5.91 Å². The topological polar surface area (TPSA) is 59.0 Å². The van der Waals surface area contributed by atoms with E-state index in [-0.39, 0.29) is 12.1 Å². The van der Waals surface area contributed by atoms with Gasteiger partial charge in [0.25, 0.3) is 0 Å². The lowest BCUT2D eigenvalue weighted by Crippen LogP contribution is -2.59. The van der Waals surface area contributed by atoms with Gasteiger partial charge in [-0.1, -0.05) is 30.3 Å². The summed E-state index contributed by atoms with van der Waals surface area (Å²) in [6.45, 7) is 0.468. The minimum atomic E-state index is -0.932. The van der Waals surface area contributed by atoms with Gasteiger partial charge in [0.15, 0.2) is 12.5 Å². The number of hydrogen-bond acceptors (Lipinski definition) is 4. The number of β-lactam (4-membered cyclic amide) rings is 1. The highest BCUT2D eigenvalue weighted by Crippen LogP contribution is 2.42. The Morgan fingerprint density at radius 1 is 1.23 bits per heavy atom. The summed E-state index contributed by atoms with van der Waals surface area (Å²) in [5.74, 6) is 1.16. The van der Waals surface area contributed by atoms with Crippen molar-refractivity contribution in [2.45, 2.75) is 25.5 Å². The minimum absolute atomic E-state index is 0.0902. The van der Waals surface area contributed by atoms with Gasteiger partial charge < -0.3 is 14.6 Å². The first-order chi connectivity index (χ1) is 10.7. The molecule has 112 valence electrons. The number of amides is 1. The highest BCUT2D eigenvalue weighted by molar-refractivity contribution is 5.83. The van der Waals surface area contributed by atoms with Gasteiger partial charge >= 0.3 is 0 Å². The van der Waals surface area contributed by atoms with E-state index in [2.05, 4.69) is 0 Å². The zero-order valence-electron chi connectivity index (χ0n) is 11.8. The molecule has 2 unspecified atom stereocenters. The average molecular weight is 297 g/mol. The van der Waals surface area contributed by atoms with Crippen molar-refractivity contribution in [3.63, 3.8) is 0 Å². The van der Waals surface area contributed by atoms with Gasteiger partial charge in [-0.3, -0.25) is 9.69 Å². The molecule has 22 heavy (non-hydrogen) atoms. The van der Waals surface area contributed by atoms with Gasteiger partial charge in [-0.15, -0.1) is 0 Å². The van der Waals surface area contributed by atoms with E-state index in [4.69, 9.17) is 9.47 Å². The lowest BCUT2D eigenvalue weighted by Gasteiger charge is -2.46. The van der Waals surface area contributed by atoms with Crippen molar-refractivity contribution in [1.82, 2.24) is 4.90 Å². The second-order valence-corrected chi connectivity index (χ2v) is 5.43. The summed E-state index contributed by atoms with van der Waals surface area (Å²) >= 11 is 0. The van der Waals surface area contributed by atoms with Crippen LogP contribution in [0.15, 0.2) is 48.5 Å². The molecule has 2 aliphatic heterocycles. The normalized spacial score (nSPS) is 22.2. The van der Waals surface area contributed by atoms with E-state index in [1.807, 2.05) is 30.3 Å². The van der Waals surface area contributed by atoms with Crippen molar-refractivity contribution in [2.24, 2.45) is 0 Å². The molecule has 0 spiro atoms. The van der Waals surface area contributed by atoms with E-state index in [9.17, 15) is 9.90 Å². The van der Waals surface area contributed by atoms with Crippen molar-refractivity contribution in [3.8, 4) is 11.5 Å². The zero-order chi connectivity index (χ0) is 15.1. The number of hydrogen-bond donors (Lipinski definition) is 1. The molecule has 1 N–H and O–H groups in total. The van der Waals surface area contributed by atoms with E-state index < -0.39 is 6.23 Å². The molecular formula is C17H15NO4. The third-order valence-corrected chi connectivity index (χ3v) is 3.99. The van der Waals surface area contributed by atoms with Crippen LogP contribution in [0.1, 0.15) is 23.8 Å². The summed E-state index contributed by atoms with van der Waals surface area (Å²) in [6.07, 6.45) is -0.983. The highest BCUT2D eigenvalue weighted by atomic mass is 16.5. The summed E-state index contributed by atoms with van der Waals surface area (Å²) < 4.78 is 11.5. The summed E-state index contributed by atoms with van der Waals surface area (Å²) in [6, 6.07) is 15.2. The van der Waals surface area contributed by atoms with Gasteiger partial charge in [0.1, 0.15) is 18.1 Å². The number of ether oxygens (including phenoxy) is 2. The van der Waals surface area contributed by atoms with Crippen LogP contribution in [0.25, 0.3) is 0 Å². The first kappa shape index (κ1) is 13.2.